The van der Waals surface area contributed by atoms with Crippen molar-refractivity contribution in [2.75, 3.05) is 10.8 Å². The standard InChI is InChI=1S/C28H30Cl2FN3O4S/c1-18(2)32-28(36)20(4)33(16-21-8-5-6-10-24(21)31)26(35)17-34(25-11-7-9-23(29)27(25)30)39(37,38)22-14-12-19(3)13-15-22/h5-15,18,20H,16-17H2,1-4H3,(H,32,36). The van der Waals surface area contributed by atoms with Crippen molar-refractivity contribution in [3.05, 3.63) is 93.7 Å². The number of halogens is 3. The number of hydrogen-bond donors (Lipinski definition) is 1. The number of aryl methyl sites for hydroxylation is 1. The van der Waals surface area contributed by atoms with E-state index >= 15 is 0 Å². The van der Waals surface area contributed by atoms with Crippen LogP contribution in [0.3, 0.4) is 0 Å². The van der Waals surface area contributed by atoms with Crippen LogP contribution in [0.25, 0.3) is 0 Å². The van der Waals surface area contributed by atoms with E-state index in [2.05, 4.69) is 5.32 Å². The number of anilines is 1. The molecule has 0 aliphatic carbocycles. The average Bonchev–Trinajstić information content (AvgIpc) is 2.88. The predicted molar refractivity (Wildman–Crippen MR) is 152 cm³/mol. The molecule has 1 N–H and O–H groups in total. The molecule has 0 spiro atoms. The maximum Gasteiger partial charge on any atom is 0.264 e. The summed E-state index contributed by atoms with van der Waals surface area (Å²) in [5.74, 6) is -1.77. The van der Waals surface area contributed by atoms with Gasteiger partial charge in [-0.15, -0.1) is 0 Å². The molecule has 3 rings (SSSR count). The number of hydrogen-bond acceptors (Lipinski definition) is 4. The number of nitrogens with zero attached hydrogens (tertiary/aromatic N) is 2. The minimum Gasteiger partial charge on any atom is -0.352 e. The van der Waals surface area contributed by atoms with Crippen LogP contribution in [0.2, 0.25) is 10.0 Å². The summed E-state index contributed by atoms with van der Waals surface area (Å²) >= 11 is 12.6. The van der Waals surface area contributed by atoms with Gasteiger partial charge in [0.15, 0.2) is 0 Å². The predicted octanol–water partition coefficient (Wildman–Crippen LogP) is 5.58. The second-order valence-electron chi connectivity index (χ2n) is 9.35. The van der Waals surface area contributed by atoms with Gasteiger partial charge in [0, 0.05) is 18.2 Å². The van der Waals surface area contributed by atoms with Crippen LogP contribution in [0.1, 0.15) is 31.9 Å². The fraction of sp³-hybridized carbons (Fsp3) is 0.286. The highest BCUT2D eigenvalue weighted by Gasteiger charge is 2.34. The summed E-state index contributed by atoms with van der Waals surface area (Å²) in [7, 11) is -4.32. The second kappa shape index (κ2) is 12.8. The van der Waals surface area contributed by atoms with E-state index in [1.54, 1.807) is 32.0 Å². The molecule has 1 atom stereocenters. The molecule has 0 aromatic heterocycles. The summed E-state index contributed by atoms with van der Waals surface area (Å²) in [6.07, 6.45) is 0. The Morgan fingerprint density at radius 3 is 2.21 bits per heavy atom. The first kappa shape index (κ1) is 30.4. The number of benzene rings is 3. The number of carbonyl (C=O) groups excluding carboxylic acids is 2. The minimum absolute atomic E-state index is 0.0109. The average molecular weight is 595 g/mol. The molecule has 0 saturated carbocycles. The smallest absolute Gasteiger partial charge is 0.264 e. The van der Waals surface area contributed by atoms with Crippen LogP contribution in [-0.2, 0) is 26.2 Å². The molecular weight excluding hydrogens is 564 g/mol. The van der Waals surface area contributed by atoms with Gasteiger partial charge in [-0.3, -0.25) is 13.9 Å². The van der Waals surface area contributed by atoms with E-state index in [-0.39, 0.29) is 38.8 Å². The Hall–Kier alpha value is -3.14. The molecule has 39 heavy (non-hydrogen) atoms. The molecule has 0 aliphatic heterocycles. The molecule has 208 valence electrons. The Bertz CT molecular complexity index is 1450. The first-order valence-electron chi connectivity index (χ1n) is 12.2. The third-order valence-corrected chi connectivity index (χ3v) is 8.57. The van der Waals surface area contributed by atoms with E-state index in [1.165, 1.54) is 55.5 Å². The van der Waals surface area contributed by atoms with Crippen molar-refractivity contribution in [2.45, 2.75) is 51.2 Å². The number of sulfonamides is 1. The lowest BCUT2D eigenvalue weighted by Crippen LogP contribution is -2.52. The molecule has 11 heteroatoms. The van der Waals surface area contributed by atoms with Crippen LogP contribution in [0.15, 0.2) is 71.6 Å². The first-order valence-corrected chi connectivity index (χ1v) is 14.4. The third kappa shape index (κ3) is 7.29. The zero-order valence-corrected chi connectivity index (χ0v) is 24.3. The molecule has 2 amide bonds. The first-order chi connectivity index (χ1) is 18.3. The minimum atomic E-state index is -4.32. The van der Waals surface area contributed by atoms with Crippen LogP contribution in [0.4, 0.5) is 10.1 Å². The zero-order chi connectivity index (χ0) is 28.9. The summed E-state index contributed by atoms with van der Waals surface area (Å²) in [5.41, 5.74) is 1.01. The lowest BCUT2D eigenvalue weighted by atomic mass is 10.1. The molecule has 0 bridgehead atoms. The van der Waals surface area contributed by atoms with Crippen molar-refractivity contribution in [1.29, 1.82) is 0 Å². The van der Waals surface area contributed by atoms with Gasteiger partial charge in [0.1, 0.15) is 18.4 Å². The quantitative estimate of drug-likeness (QED) is 0.332. The molecule has 7 nitrogen and oxygen atoms in total. The summed E-state index contributed by atoms with van der Waals surface area (Å²) in [4.78, 5) is 27.8. The van der Waals surface area contributed by atoms with Crippen molar-refractivity contribution in [1.82, 2.24) is 10.2 Å². The highest BCUT2D eigenvalue weighted by atomic mass is 35.5. The van der Waals surface area contributed by atoms with Crippen LogP contribution in [0, 0.1) is 12.7 Å². The van der Waals surface area contributed by atoms with Gasteiger partial charge in [0.2, 0.25) is 11.8 Å². The summed E-state index contributed by atoms with van der Waals surface area (Å²) in [6.45, 7) is 5.87. The SMILES string of the molecule is Cc1ccc(S(=O)(=O)N(CC(=O)N(Cc2ccccc2F)C(C)C(=O)NC(C)C)c2cccc(Cl)c2Cl)cc1. The Labute approximate surface area is 238 Å². The monoisotopic (exact) mass is 593 g/mol. The van der Waals surface area contributed by atoms with Gasteiger partial charge < -0.3 is 10.2 Å². The van der Waals surface area contributed by atoms with Gasteiger partial charge in [-0.05, 0) is 58.0 Å². The van der Waals surface area contributed by atoms with Gasteiger partial charge >= 0.3 is 0 Å². The molecule has 1 unspecified atom stereocenters. The van der Waals surface area contributed by atoms with Gasteiger partial charge in [0.25, 0.3) is 10.0 Å². The molecule has 0 fully saturated rings. The molecule has 0 heterocycles. The van der Waals surface area contributed by atoms with E-state index in [0.717, 1.165) is 14.8 Å². The molecular formula is C28H30Cl2FN3O4S. The lowest BCUT2D eigenvalue weighted by Gasteiger charge is -2.32. The number of nitrogens with one attached hydrogen (secondary N) is 1. The Kier molecular flexibility index (Phi) is 9.98. The third-order valence-electron chi connectivity index (χ3n) is 5.98. The zero-order valence-electron chi connectivity index (χ0n) is 22.0. The molecule has 3 aromatic rings. The maximum atomic E-state index is 14.6. The van der Waals surface area contributed by atoms with Crippen molar-refractivity contribution >= 4 is 50.7 Å². The van der Waals surface area contributed by atoms with E-state index in [4.69, 9.17) is 23.2 Å². The summed E-state index contributed by atoms with van der Waals surface area (Å²) in [6, 6.07) is 15.2. The number of rotatable bonds is 10. The van der Waals surface area contributed by atoms with Crippen molar-refractivity contribution < 1.29 is 22.4 Å². The van der Waals surface area contributed by atoms with Crippen molar-refractivity contribution in [3.63, 3.8) is 0 Å². The van der Waals surface area contributed by atoms with Gasteiger partial charge in [0.05, 0.1) is 20.6 Å². The topological polar surface area (TPSA) is 86.8 Å². The second-order valence-corrected chi connectivity index (χ2v) is 12.0. The number of carbonyl (C=O) groups is 2. The van der Waals surface area contributed by atoms with Gasteiger partial charge in [-0.1, -0.05) is 65.2 Å². The summed E-state index contributed by atoms with van der Waals surface area (Å²) < 4.78 is 43.1. The lowest BCUT2D eigenvalue weighted by molar-refractivity contribution is -0.139. The number of amides is 2. The summed E-state index contributed by atoms with van der Waals surface area (Å²) in [5, 5.41) is 2.78. The van der Waals surface area contributed by atoms with Crippen LogP contribution in [-0.4, -0.2) is 43.8 Å². The van der Waals surface area contributed by atoms with Gasteiger partial charge in [-0.2, -0.15) is 0 Å². The largest absolute Gasteiger partial charge is 0.352 e. The molecule has 0 aliphatic rings. The maximum absolute atomic E-state index is 14.6. The Morgan fingerprint density at radius 1 is 0.949 bits per heavy atom. The van der Waals surface area contributed by atoms with E-state index in [1.807, 2.05) is 6.92 Å². The van der Waals surface area contributed by atoms with Crippen LogP contribution < -0.4 is 9.62 Å². The van der Waals surface area contributed by atoms with Crippen molar-refractivity contribution in [3.8, 4) is 0 Å². The Morgan fingerprint density at radius 2 is 1.59 bits per heavy atom. The van der Waals surface area contributed by atoms with E-state index in [9.17, 15) is 22.4 Å². The fourth-order valence-corrected chi connectivity index (χ4v) is 5.71. The Balaban J connectivity index is 2.09. The van der Waals surface area contributed by atoms with E-state index < -0.39 is 40.2 Å². The molecule has 0 saturated heterocycles. The fourth-order valence-electron chi connectivity index (χ4n) is 3.83. The van der Waals surface area contributed by atoms with Gasteiger partial charge in [-0.25, -0.2) is 12.8 Å². The van der Waals surface area contributed by atoms with Crippen LogP contribution >= 0.6 is 23.2 Å². The highest BCUT2D eigenvalue weighted by molar-refractivity contribution is 7.92. The highest BCUT2D eigenvalue weighted by Crippen LogP contribution is 2.35. The van der Waals surface area contributed by atoms with Crippen LogP contribution in [0.5, 0.6) is 0 Å². The molecule has 0 radical (unpaired) electrons. The normalized spacial score (nSPS) is 12.2. The molecule has 3 aromatic carbocycles. The van der Waals surface area contributed by atoms with Crippen molar-refractivity contribution in [2.24, 2.45) is 0 Å². The van der Waals surface area contributed by atoms with E-state index in [0.29, 0.717) is 0 Å².